The van der Waals surface area contributed by atoms with E-state index >= 15 is 0 Å². The highest BCUT2D eigenvalue weighted by molar-refractivity contribution is 7.22. The molecule has 0 aliphatic carbocycles. The van der Waals surface area contributed by atoms with Crippen molar-refractivity contribution in [2.45, 2.75) is 6.04 Å². The number of nitrogens with zero attached hydrogens (tertiary/aromatic N) is 2. The van der Waals surface area contributed by atoms with Crippen molar-refractivity contribution in [3.63, 3.8) is 0 Å². The fraction of sp³-hybridized carbons (Fsp3) is 0.148. The maximum Gasteiger partial charge on any atom is 0.301 e. The van der Waals surface area contributed by atoms with E-state index in [9.17, 15) is 14.7 Å². The number of carbonyl (C=O) groups excluding carboxylic acids is 2. The van der Waals surface area contributed by atoms with Crippen LogP contribution in [0.3, 0.4) is 0 Å². The monoisotopic (exact) mass is 502 g/mol. The van der Waals surface area contributed by atoms with Gasteiger partial charge in [-0.2, -0.15) is 0 Å². The summed E-state index contributed by atoms with van der Waals surface area (Å²) < 4.78 is 17.1. The van der Waals surface area contributed by atoms with Gasteiger partial charge in [0.1, 0.15) is 29.0 Å². The van der Waals surface area contributed by atoms with E-state index in [1.807, 2.05) is 6.07 Å². The number of benzene rings is 3. The molecule has 8 nitrogen and oxygen atoms in total. The van der Waals surface area contributed by atoms with Gasteiger partial charge in [-0.1, -0.05) is 41.7 Å². The van der Waals surface area contributed by atoms with E-state index in [1.54, 1.807) is 67.8 Å². The van der Waals surface area contributed by atoms with E-state index in [0.717, 1.165) is 4.70 Å². The van der Waals surface area contributed by atoms with Crippen LogP contribution in [0.25, 0.3) is 16.0 Å². The van der Waals surface area contributed by atoms with Crippen LogP contribution in [0.1, 0.15) is 17.2 Å². The molecule has 0 saturated carbocycles. The molecule has 1 amide bonds. The van der Waals surface area contributed by atoms with E-state index in [0.29, 0.717) is 39.0 Å². The number of thiazole rings is 1. The maximum absolute atomic E-state index is 13.5. The molecular weight excluding hydrogens is 480 g/mol. The van der Waals surface area contributed by atoms with E-state index in [-0.39, 0.29) is 11.3 Å². The third-order valence-electron chi connectivity index (χ3n) is 6.01. The van der Waals surface area contributed by atoms with Crippen LogP contribution in [-0.2, 0) is 9.59 Å². The van der Waals surface area contributed by atoms with E-state index in [1.165, 1.54) is 30.5 Å². The highest BCUT2D eigenvalue weighted by atomic mass is 32.1. The molecule has 9 heteroatoms. The number of hydrogen-bond acceptors (Lipinski definition) is 8. The molecule has 1 aliphatic heterocycles. The van der Waals surface area contributed by atoms with Crippen LogP contribution in [-0.4, -0.2) is 43.1 Å². The molecule has 0 spiro atoms. The van der Waals surface area contributed by atoms with Gasteiger partial charge < -0.3 is 19.3 Å². The van der Waals surface area contributed by atoms with Crippen molar-refractivity contribution in [1.82, 2.24) is 4.98 Å². The first-order chi connectivity index (χ1) is 17.5. The van der Waals surface area contributed by atoms with Crippen LogP contribution in [0, 0.1) is 0 Å². The first kappa shape index (κ1) is 23.4. The number of aliphatic hydroxyl groups is 1. The molecule has 1 N–H and O–H groups in total. The molecule has 1 unspecified atom stereocenters. The van der Waals surface area contributed by atoms with Crippen LogP contribution in [0.5, 0.6) is 17.2 Å². The summed E-state index contributed by atoms with van der Waals surface area (Å²) in [6.07, 6.45) is 0. The van der Waals surface area contributed by atoms with E-state index in [2.05, 4.69) is 4.98 Å². The lowest BCUT2D eigenvalue weighted by Crippen LogP contribution is -2.29. The second kappa shape index (κ2) is 9.35. The molecule has 4 aromatic rings. The van der Waals surface area contributed by atoms with Crippen molar-refractivity contribution in [1.29, 1.82) is 0 Å². The summed E-state index contributed by atoms with van der Waals surface area (Å²) in [6, 6.07) is 18.1. The zero-order chi connectivity index (χ0) is 25.4. The molecule has 1 saturated heterocycles. The highest BCUT2D eigenvalue weighted by Crippen LogP contribution is 2.47. The van der Waals surface area contributed by atoms with E-state index in [4.69, 9.17) is 14.2 Å². The lowest BCUT2D eigenvalue weighted by Gasteiger charge is -2.25. The Labute approximate surface area is 211 Å². The topological polar surface area (TPSA) is 98.2 Å². The number of ketones is 1. The Morgan fingerprint density at radius 1 is 0.917 bits per heavy atom. The van der Waals surface area contributed by atoms with Crippen molar-refractivity contribution in [3.05, 3.63) is 83.4 Å². The molecule has 3 aromatic carbocycles. The molecule has 1 atom stereocenters. The zero-order valence-electron chi connectivity index (χ0n) is 19.7. The fourth-order valence-corrected chi connectivity index (χ4v) is 5.27. The number of methoxy groups -OCH3 is 3. The third kappa shape index (κ3) is 3.83. The second-order valence-corrected chi connectivity index (χ2v) is 8.98. The minimum absolute atomic E-state index is 0.0606. The number of fused-ring (bicyclic) bond motifs is 1. The van der Waals surface area contributed by atoms with Crippen molar-refractivity contribution in [2.75, 3.05) is 26.2 Å². The van der Waals surface area contributed by atoms with Gasteiger partial charge in [-0.3, -0.25) is 14.5 Å². The molecule has 1 aliphatic rings. The number of amides is 1. The van der Waals surface area contributed by atoms with Crippen molar-refractivity contribution >= 4 is 44.1 Å². The Hall–Kier alpha value is -4.37. The standard InChI is InChI=1S/C27H22N2O6S/c1-33-16-10-12-20(35-3)18(13-16)23-22(24(30)15-7-5-4-6-8-15)25(31)26(32)29(23)27-28-19-11-9-17(34-2)14-21(19)36-27/h4-14,23,30H,1-3H3. The SMILES string of the molecule is COc1ccc(OC)c(C2C(=C(O)c3ccccc3)C(=O)C(=O)N2c2nc3ccc(OC)cc3s2)c1. The largest absolute Gasteiger partial charge is 0.507 e. The quantitative estimate of drug-likeness (QED) is 0.226. The molecule has 36 heavy (non-hydrogen) atoms. The minimum Gasteiger partial charge on any atom is -0.507 e. The van der Waals surface area contributed by atoms with Crippen LogP contribution >= 0.6 is 11.3 Å². The Morgan fingerprint density at radius 3 is 2.31 bits per heavy atom. The van der Waals surface area contributed by atoms with Crippen LogP contribution < -0.4 is 19.1 Å². The molecular formula is C27H22N2O6S. The van der Waals surface area contributed by atoms with Crippen LogP contribution in [0.15, 0.2) is 72.3 Å². The molecule has 182 valence electrons. The van der Waals surface area contributed by atoms with Gasteiger partial charge in [-0.15, -0.1) is 0 Å². The number of hydrogen-bond donors (Lipinski definition) is 1. The summed E-state index contributed by atoms with van der Waals surface area (Å²) in [6.45, 7) is 0. The van der Waals surface area contributed by atoms with Crippen LogP contribution in [0.2, 0.25) is 0 Å². The summed E-state index contributed by atoms with van der Waals surface area (Å²) in [5, 5.41) is 11.6. The Bertz CT molecular complexity index is 1510. The first-order valence-corrected chi connectivity index (χ1v) is 11.8. The first-order valence-electron chi connectivity index (χ1n) is 11.0. The lowest BCUT2D eigenvalue weighted by molar-refractivity contribution is -0.132. The van der Waals surface area contributed by atoms with Crippen molar-refractivity contribution in [3.8, 4) is 17.2 Å². The average Bonchev–Trinajstić information content (AvgIpc) is 3.45. The Balaban J connectivity index is 1.77. The number of rotatable bonds is 6. The zero-order valence-corrected chi connectivity index (χ0v) is 20.5. The Kier molecular flexibility index (Phi) is 6.07. The summed E-state index contributed by atoms with van der Waals surface area (Å²) in [7, 11) is 4.59. The van der Waals surface area contributed by atoms with Gasteiger partial charge in [-0.25, -0.2) is 4.98 Å². The summed E-state index contributed by atoms with van der Waals surface area (Å²) in [5.74, 6) is -0.319. The Morgan fingerprint density at radius 2 is 1.61 bits per heavy atom. The normalized spacial score (nSPS) is 17.0. The third-order valence-corrected chi connectivity index (χ3v) is 7.03. The molecule has 1 fully saturated rings. The van der Waals surface area contributed by atoms with Gasteiger partial charge in [0.15, 0.2) is 5.13 Å². The van der Waals surface area contributed by atoms with Gasteiger partial charge in [0.25, 0.3) is 5.78 Å². The van der Waals surface area contributed by atoms with Gasteiger partial charge in [-0.05, 0) is 36.4 Å². The maximum atomic E-state index is 13.5. The number of Topliss-reactive ketones (excluding diaryl/α,β-unsaturated/α-hetero) is 1. The number of aliphatic hydroxyl groups excluding tert-OH is 1. The lowest BCUT2D eigenvalue weighted by atomic mass is 9.94. The predicted molar refractivity (Wildman–Crippen MR) is 137 cm³/mol. The molecule has 1 aromatic heterocycles. The van der Waals surface area contributed by atoms with Gasteiger partial charge in [0.2, 0.25) is 0 Å². The second-order valence-electron chi connectivity index (χ2n) is 7.97. The number of anilines is 1. The van der Waals surface area contributed by atoms with Crippen molar-refractivity contribution < 1.29 is 28.9 Å². The van der Waals surface area contributed by atoms with Crippen LogP contribution in [0.4, 0.5) is 5.13 Å². The molecule has 2 heterocycles. The summed E-state index contributed by atoms with van der Waals surface area (Å²) >= 11 is 1.25. The predicted octanol–water partition coefficient (Wildman–Crippen LogP) is 4.95. The summed E-state index contributed by atoms with van der Waals surface area (Å²) in [5.41, 5.74) is 1.48. The number of aromatic nitrogens is 1. The van der Waals surface area contributed by atoms with Gasteiger partial charge in [0.05, 0.1) is 37.1 Å². The number of ether oxygens (including phenoxy) is 3. The van der Waals surface area contributed by atoms with Gasteiger partial charge >= 0.3 is 5.91 Å². The average molecular weight is 503 g/mol. The molecule has 0 bridgehead atoms. The van der Waals surface area contributed by atoms with E-state index < -0.39 is 17.7 Å². The fourth-order valence-electron chi connectivity index (χ4n) is 4.25. The molecule has 0 radical (unpaired) electrons. The van der Waals surface area contributed by atoms with Gasteiger partial charge in [0, 0.05) is 11.1 Å². The smallest absolute Gasteiger partial charge is 0.301 e. The number of carbonyl (C=O) groups is 2. The summed E-state index contributed by atoms with van der Waals surface area (Å²) in [4.78, 5) is 32.9. The molecule has 5 rings (SSSR count). The van der Waals surface area contributed by atoms with Crippen molar-refractivity contribution in [2.24, 2.45) is 0 Å². The highest BCUT2D eigenvalue weighted by Gasteiger charge is 2.49. The minimum atomic E-state index is -1.00.